The van der Waals surface area contributed by atoms with Gasteiger partial charge in [0.2, 0.25) is 0 Å². The topological polar surface area (TPSA) is 66.4 Å². The van der Waals surface area contributed by atoms with Crippen molar-refractivity contribution in [1.29, 1.82) is 0 Å². The van der Waals surface area contributed by atoms with Crippen LogP contribution in [0.5, 0.6) is 5.75 Å². The fourth-order valence-electron chi connectivity index (χ4n) is 3.31. The number of hydrogen-bond acceptors (Lipinski definition) is 6. The molecule has 3 aromatic rings. The highest BCUT2D eigenvalue weighted by Crippen LogP contribution is 2.27. The lowest BCUT2D eigenvalue weighted by atomic mass is 10.2. The third-order valence-corrected chi connectivity index (χ3v) is 5.26. The van der Waals surface area contributed by atoms with E-state index in [9.17, 15) is 0 Å². The molecule has 28 heavy (non-hydrogen) atoms. The van der Waals surface area contributed by atoms with Crippen molar-refractivity contribution in [2.45, 2.75) is 6.54 Å². The second kappa shape index (κ2) is 8.35. The van der Waals surface area contributed by atoms with Crippen LogP contribution < -0.4 is 15.0 Å². The largest absolute Gasteiger partial charge is 0.497 e. The van der Waals surface area contributed by atoms with Crippen LogP contribution in [0.1, 0.15) is 5.56 Å². The third kappa shape index (κ3) is 3.96. The highest BCUT2D eigenvalue weighted by atomic mass is 32.1. The summed E-state index contributed by atoms with van der Waals surface area (Å²) in [5.74, 6) is 1.75. The summed E-state index contributed by atoms with van der Waals surface area (Å²) in [6, 6.07) is 9.85. The smallest absolute Gasteiger partial charge is 0.169 e. The second-order valence-corrected chi connectivity index (χ2v) is 6.96. The lowest BCUT2D eigenvalue weighted by molar-refractivity contribution is 0.379. The maximum atomic E-state index is 5.57. The zero-order chi connectivity index (χ0) is 19.3. The van der Waals surface area contributed by atoms with Gasteiger partial charge in [0.05, 0.1) is 12.6 Å². The van der Waals surface area contributed by atoms with E-state index in [2.05, 4.69) is 30.1 Å². The normalized spacial score (nSPS) is 14.2. The fourth-order valence-corrected chi connectivity index (χ4v) is 3.57. The molecule has 2 aromatic heterocycles. The summed E-state index contributed by atoms with van der Waals surface area (Å²) in [5, 5.41) is 5.11. The summed E-state index contributed by atoms with van der Waals surface area (Å²) < 4.78 is 5.36. The zero-order valence-electron chi connectivity index (χ0n) is 15.7. The van der Waals surface area contributed by atoms with Crippen LogP contribution in [0, 0.1) is 0 Å². The predicted octanol–water partition coefficient (Wildman–Crippen LogP) is 2.23. The summed E-state index contributed by atoms with van der Waals surface area (Å²) in [6.07, 6.45) is 5.24. The minimum atomic E-state index is 0.684. The van der Waals surface area contributed by atoms with Crippen LogP contribution in [0.3, 0.4) is 0 Å². The molecule has 8 heteroatoms. The lowest BCUT2D eigenvalue weighted by Crippen LogP contribution is -2.51. The molecule has 7 nitrogen and oxygen atoms in total. The van der Waals surface area contributed by atoms with Crippen molar-refractivity contribution in [1.82, 2.24) is 25.2 Å². The van der Waals surface area contributed by atoms with E-state index >= 15 is 0 Å². The average molecular weight is 395 g/mol. The van der Waals surface area contributed by atoms with Crippen LogP contribution in [0.15, 0.2) is 49.1 Å². The molecule has 0 spiro atoms. The van der Waals surface area contributed by atoms with Gasteiger partial charge in [-0.3, -0.25) is 4.98 Å². The Bertz CT molecular complexity index is 959. The summed E-state index contributed by atoms with van der Waals surface area (Å²) >= 11 is 5.57. The van der Waals surface area contributed by atoms with Gasteiger partial charge in [0.15, 0.2) is 5.11 Å². The van der Waals surface area contributed by atoms with E-state index in [4.69, 9.17) is 17.0 Å². The molecule has 1 N–H and O–H groups in total. The highest BCUT2D eigenvalue weighted by molar-refractivity contribution is 7.80. The lowest BCUT2D eigenvalue weighted by Gasteiger charge is -2.37. The van der Waals surface area contributed by atoms with Gasteiger partial charge in [0.25, 0.3) is 0 Å². The molecule has 0 bridgehead atoms. The van der Waals surface area contributed by atoms with Crippen LogP contribution in [0.25, 0.3) is 10.9 Å². The first-order valence-corrected chi connectivity index (χ1v) is 9.61. The second-order valence-electron chi connectivity index (χ2n) is 6.57. The molecular weight excluding hydrogens is 372 g/mol. The fraction of sp³-hybridized carbons (Fsp3) is 0.300. The molecule has 1 aliphatic heterocycles. The first kappa shape index (κ1) is 18.4. The van der Waals surface area contributed by atoms with E-state index in [1.807, 2.05) is 36.5 Å². The third-order valence-electron chi connectivity index (χ3n) is 4.85. The summed E-state index contributed by atoms with van der Waals surface area (Å²) in [5.41, 5.74) is 2.03. The van der Waals surface area contributed by atoms with E-state index in [0.717, 1.165) is 59.3 Å². The Morgan fingerprint density at radius 1 is 1.18 bits per heavy atom. The predicted molar refractivity (Wildman–Crippen MR) is 114 cm³/mol. The Morgan fingerprint density at radius 3 is 2.79 bits per heavy atom. The molecule has 0 saturated carbocycles. The number of fused-ring (bicyclic) bond motifs is 1. The number of methoxy groups -OCH3 is 1. The molecule has 1 fully saturated rings. The summed E-state index contributed by atoms with van der Waals surface area (Å²) in [4.78, 5) is 17.5. The molecule has 0 atom stereocenters. The van der Waals surface area contributed by atoms with Gasteiger partial charge in [-0.1, -0.05) is 6.07 Å². The maximum absolute atomic E-state index is 5.57. The molecular formula is C20H22N6OS. The number of anilines is 1. The Labute approximate surface area is 169 Å². The number of thiocarbonyl (C=S) groups is 1. The number of nitrogens with zero attached hydrogens (tertiary/aromatic N) is 5. The number of hydrogen-bond donors (Lipinski definition) is 1. The van der Waals surface area contributed by atoms with Gasteiger partial charge in [0.1, 0.15) is 17.9 Å². The first-order valence-electron chi connectivity index (χ1n) is 9.20. The Balaban J connectivity index is 1.40. The molecule has 0 aliphatic carbocycles. The molecule has 1 saturated heterocycles. The minimum Gasteiger partial charge on any atom is -0.497 e. The Kier molecular flexibility index (Phi) is 5.48. The number of rotatable bonds is 4. The van der Waals surface area contributed by atoms with E-state index in [0.29, 0.717) is 6.54 Å². The van der Waals surface area contributed by atoms with Crippen LogP contribution in [-0.2, 0) is 6.54 Å². The van der Waals surface area contributed by atoms with Gasteiger partial charge in [-0.05, 0) is 42.0 Å². The van der Waals surface area contributed by atoms with Crippen molar-refractivity contribution < 1.29 is 4.74 Å². The van der Waals surface area contributed by atoms with Crippen LogP contribution in [0.2, 0.25) is 0 Å². The van der Waals surface area contributed by atoms with Crippen molar-refractivity contribution in [2.75, 3.05) is 38.2 Å². The standard InChI is InChI=1S/C20H22N6OS/c1-27-16-4-5-18-17(11-16)19(24-14-23-18)25-7-9-26(10-8-25)20(28)22-13-15-3-2-6-21-12-15/h2-6,11-12,14H,7-10,13H2,1H3,(H,22,28). The quantitative estimate of drug-likeness (QED) is 0.676. The molecule has 1 aliphatic rings. The van der Waals surface area contributed by atoms with E-state index in [1.165, 1.54) is 0 Å². The van der Waals surface area contributed by atoms with Crippen LogP contribution in [0.4, 0.5) is 5.82 Å². The van der Waals surface area contributed by atoms with E-state index in [-0.39, 0.29) is 0 Å². The number of ether oxygens (including phenoxy) is 1. The van der Waals surface area contributed by atoms with Gasteiger partial charge in [0, 0.05) is 50.5 Å². The number of benzene rings is 1. The van der Waals surface area contributed by atoms with Gasteiger partial charge in [-0.25, -0.2) is 9.97 Å². The van der Waals surface area contributed by atoms with Crippen molar-refractivity contribution in [3.63, 3.8) is 0 Å². The van der Waals surface area contributed by atoms with Crippen molar-refractivity contribution in [3.05, 3.63) is 54.6 Å². The molecule has 0 unspecified atom stereocenters. The Hall–Kier alpha value is -3.00. The Morgan fingerprint density at radius 2 is 2.04 bits per heavy atom. The summed E-state index contributed by atoms with van der Waals surface area (Å²) in [6.45, 7) is 4.06. The first-order chi connectivity index (χ1) is 13.7. The van der Waals surface area contributed by atoms with Crippen molar-refractivity contribution in [2.24, 2.45) is 0 Å². The monoisotopic (exact) mass is 394 g/mol. The molecule has 144 valence electrons. The number of pyridine rings is 1. The van der Waals surface area contributed by atoms with Gasteiger partial charge in [-0.2, -0.15) is 0 Å². The molecule has 3 heterocycles. The SMILES string of the molecule is COc1ccc2ncnc(N3CCN(C(=S)NCc4cccnc4)CC3)c2c1. The van der Waals surface area contributed by atoms with Crippen LogP contribution >= 0.6 is 12.2 Å². The maximum Gasteiger partial charge on any atom is 0.169 e. The average Bonchev–Trinajstić information content (AvgIpc) is 2.77. The van der Waals surface area contributed by atoms with Crippen molar-refractivity contribution >= 4 is 34.1 Å². The highest BCUT2D eigenvalue weighted by Gasteiger charge is 2.21. The number of aromatic nitrogens is 3. The summed E-state index contributed by atoms with van der Waals surface area (Å²) in [7, 11) is 1.67. The zero-order valence-corrected chi connectivity index (χ0v) is 16.5. The molecule has 0 amide bonds. The van der Waals surface area contributed by atoms with Gasteiger partial charge < -0.3 is 19.9 Å². The van der Waals surface area contributed by atoms with Crippen molar-refractivity contribution in [3.8, 4) is 5.75 Å². The van der Waals surface area contributed by atoms with Crippen LogP contribution in [-0.4, -0.2) is 58.3 Å². The van der Waals surface area contributed by atoms with E-state index in [1.54, 1.807) is 19.6 Å². The number of piperazine rings is 1. The molecule has 0 radical (unpaired) electrons. The number of nitrogens with one attached hydrogen (secondary N) is 1. The minimum absolute atomic E-state index is 0.684. The van der Waals surface area contributed by atoms with E-state index < -0.39 is 0 Å². The molecule has 1 aromatic carbocycles. The molecule has 4 rings (SSSR count). The van der Waals surface area contributed by atoms with Gasteiger partial charge in [-0.15, -0.1) is 0 Å². The van der Waals surface area contributed by atoms with Gasteiger partial charge >= 0.3 is 0 Å².